The van der Waals surface area contributed by atoms with Gasteiger partial charge in [0.15, 0.2) is 11.8 Å². The van der Waals surface area contributed by atoms with Crippen molar-refractivity contribution in [2.75, 3.05) is 25.5 Å². The van der Waals surface area contributed by atoms with Gasteiger partial charge in [0.05, 0.1) is 19.3 Å². The van der Waals surface area contributed by atoms with Crippen LogP contribution in [0, 0.1) is 5.82 Å². The van der Waals surface area contributed by atoms with Crippen LogP contribution in [0.15, 0.2) is 36.7 Å². The molecule has 3 rings (SSSR count). The van der Waals surface area contributed by atoms with Crippen LogP contribution < -0.4 is 20.7 Å². The summed E-state index contributed by atoms with van der Waals surface area (Å²) in [6.07, 6.45) is 1.15. The first-order valence-electron chi connectivity index (χ1n) is 12.9. The molecule has 0 aliphatic rings. The van der Waals surface area contributed by atoms with Crippen LogP contribution in [0.25, 0.3) is 5.65 Å². The molecule has 0 saturated heterocycles. The van der Waals surface area contributed by atoms with Crippen molar-refractivity contribution in [3.63, 3.8) is 0 Å². The second kappa shape index (κ2) is 14.7. The van der Waals surface area contributed by atoms with Gasteiger partial charge in [0.1, 0.15) is 28.5 Å². The van der Waals surface area contributed by atoms with Gasteiger partial charge in [-0.25, -0.2) is 23.5 Å². The zero-order valence-electron chi connectivity index (χ0n) is 23.8. The first-order valence-corrected chi connectivity index (χ1v) is 12.9. The van der Waals surface area contributed by atoms with E-state index in [9.17, 15) is 18.8 Å². The average molecular weight is 561 g/mol. The maximum Gasteiger partial charge on any atom is 0.407 e. The van der Waals surface area contributed by atoms with Gasteiger partial charge in [-0.1, -0.05) is 13.8 Å². The number of fused-ring (bicyclic) bond motifs is 1. The van der Waals surface area contributed by atoms with E-state index in [2.05, 4.69) is 26.0 Å². The average Bonchev–Trinajstić information content (AvgIpc) is 3.34. The van der Waals surface area contributed by atoms with Gasteiger partial charge in [-0.15, -0.1) is 0 Å². The van der Waals surface area contributed by atoms with E-state index in [0.29, 0.717) is 11.4 Å². The van der Waals surface area contributed by atoms with Gasteiger partial charge < -0.3 is 30.2 Å². The summed E-state index contributed by atoms with van der Waals surface area (Å²) in [6, 6.07) is 5.48. The summed E-state index contributed by atoms with van der Waals surface area (Å²) in [6.45, 7) is 10.9. The Morgan fingerprint density at radius 1 is 1.15 bits per heavy atom. The number of carbonyl (C=O) groups excluding carboxylic acids is 3. The predicted octanol–water partition coefficient (Wildman–Crippen LogP) is 3.70. The Morgan fingerprint density at radius 3 is 2.52 bits per heavy atom. The Bertz CT molecular complexity index is 1310. The van der Waals surface area contributed by atoms with Crippen LogP contribution in [0.4, 0.5) is 15.0 Å². The minimum atomic E-state index is -1.12. The summed E-state index contributed by atoms with van der Waals surface area (Å²) in [5.41, 5.74) is 0.166. The lowest BCUT2D eigenvalue weighted by atomic mass is 10.2. The maximum absolute atomic E-state index is 14.1. The van der Waals surface area contributed by atoms with Crippen LogP contribution in [0.5, 0.6) is 5.75 Å². The van der Waals surface area contributed by atoms with Crippen molar-refractivity contribution in [2.45, 2.75) is 59.8 Å². The molecule has 2 heterocycles. The van der Waals surface area contributed by atoms with Gasteiger partial charge in [-0.2, -0.15) is 5.10 Å². The van der Waals surface area contributed by atoms with Crippen LogP contribution in [-0.2, 0) is 20.8 Å². The maximum atomic E-state index is 14.1. The molecule has 3 N–H and O–H groups in total. The minimum Gasteiger partial charge on any atom is -0.478 e. The van der Waals surface area contributed by atoms with Crippen LogP contribution in [0.3, 0.4) is 0 Å². The normalized spacial score (nSPS) is 11.5. The third-order valence-corrected chi connectivity index (χ3v) is 4.99. The van der Waals surface area contributed by atoms with E-state index in [1.165, 1.54) is 36.0 Å². The van der Waals surface area contributed by atoms with Gasteiger partial charge >= 0.3 is 12.1 Å². The smallest absolute Gasteiger partial charge is 0.407 e. The second-order valence-electron chi connectivity index (χ2n) is 9.07. The molecule has 0 aliphatic carbocycles. The quantitative estimate of drug-likeness (QED) is 0.316. The number of aromatic nitrogens is 3. The van der Waals surface area contributed by atoms with Crippen LogP contribution >= 0.6 is 0 Å². The highest BCUT2D eigenvalue weighted by molar-refractivity contribution is 5.95. The van der Waals surface area contributed by atoms with Gasteiger partial charge in [0.2, 0.25) is 0 Å². The predicted molar refractivity (Wildman–Crippen MR) is 147 cm³/mol. The molecular formula is C27H37FN6O6. The molecule has 0 bridgehead atoms. The lowest BCUT2D eigenvalue weighted by Crippen LogP contribution is -2.46. The highest BCUT2D eigenvalue weighted by Gasteiger charge is 2.24. The van der Waals surface area contributed by atoms with E-state index < -0.39 is 35.5 Å². The fraction of sp³-hybridized carbons (Fsp3) is 0.444. The van der Waals surface area contributed by atoms with Crippen LogP contribution in [-0.4, -0.2) is 64.5 Å². The topological polar surface area (TPSA) is 145 Å². The third kappa shape index (κ3) is 9.10. The number of anilines is 1. The molecule has 2 aromatic heterocycles. The lowest BCUT2D eigenvalue weighted by Gasteiger charge is -2.23. The summed E-state index contributed by atoms with van der Waals surface area (Å²) >= 11 is 0. The number of halogens is 1. The number of carbonyl (C=O) groups is 3. The highest BCUT2D eigenvalue weighted by Crippen LogP contribution is 2.23. The second-order valence-corrected chi connectivity index (χ2v) is 9.07. The molecular weight excluding hydrogens is 523 g/mol. The molecule has 1 unspecified atom stereocenters. The number of ether oxygens (including phenoxy) is 3. The summed E-state index contributed by atoms with van der Waals surface area (Å²) in [7, 11) is 1.43. The molecule has 0 aliphatic heterocycles. The fourth-order valence-corrected chi connectivity index (χ4v) is 3.30. The number of amides is 2. The molecule has 40 heavy (non-hydrogen) atoms. The van der Waals surface area contributed by atoms with Crippen molar-refractivity contribution in [2.24, 2.45) is 0 Å². The van der Waals surface area contributed by atoms with Crippen molar-refractivity contribution in [1.82, 2.24) is 25.2 Å². The third-order valence-electron chi connectivity index (χ3n) is 4.99. The Morgan fingerprint density at radius 2 is 1.88 bits per heavy atom. The zero-order valence-corrected chi connectivity index (χ0v) is 23.8. The summed E-state index contributed by atoms with van der Waals surface area (Å²) in [4.78, 5) is 41.1. The van der Waals surface area contributed by atoms with E-state index in [-0.39, 0.29) is 36.7 Å². The number of alkyl carbamates (subject to hydrolysis) is 1. The molecule has 1 aromatic carbocycles. The Hall–Kier alpha value is -4.42. The first-order chi connectivity index (χ1) is 19.0. The van der Waals surface area contributed by atoms with E-state index in [0.717, 1.165) is 0 Å². The van der Waals surface area contributed by atoms with E-state index in [1.807, 2.05) is 13.8 Å². The first kappa shape index (κ1) is 31.8. The number of hydrogen-bond acceptors (Lipinski definition) is 9. The number of rotatable bonds is 10. The van der Waals surface area contributed by atoms with Gasteiger partial charge in [-0.3, -0.25) is 4.79 Å². The zero-order chi connectivity index (χ0) is 29.9. The Kier molecular flexibility index (Phi) is 11.7. The fourth-order valence-electron chi connectivity index (χ4n) is 3.30. The van der Waals surface area contributed by atoms with E-state index in [1.54, 1.807) is 40.0 Å². The number of likely N-dealkylation sites (N-methyl/N-ethyl adjacent to an activating group) is 1. The van der Waals surface area contributed by atoms with Crippen molar-refractivity contribution in [3.05, 3.63) is 53.6 Å². The molecule has 0 fully saturated rings. The SMILES string of the molecule is CC.CCOC(=O)c1cnn2ccc(NCc3cc(F)ccc3OC(CNC(=O)OC(C)(C)C)C(=O)NC)nc12. The number of hydrogen-bond donors (Lipinski definition) is 3. The van der Waals surface area contributed by atoms with Gasteiger partial charge in [-0.05, 0) is 52.0 Å². The molecule has 0 spiro atoms. The van der Waals surface area contributed by atoms with E-state index in [4.69, 9.17) is 14.2 Å². The lowest BCUT2D eigenvalue weighted by molar-refractivity contribution is -0.127. The van der Waals surface area contributed by atoms with Crippen molar-refractivity contribution >= 4 is 29.4 Å². The monoisotopic (exact) mass is 560 g/mol. The highest BCUT2D eigenvalue weighted by atomic mass is 19.1. The number of nitrogens with zero attached hydrogens (tertiary/aromatic N) is 3. The Labute approximate surface area is 232 Å². The number of benzene rings is 1. The minimum absolute atomic E-state index is 0.0686. The van der Waals surface area contributed by atoms with Crippen molar-refractivity contribution in [1.29, 1.82) is 0 Å². The molecule has 0 saturated carbocycles. The van der Waals surface area contributed by atoms with Gasteiger partial charge in [0.25, 0.3) is 5.91 Å². The molecule has 1 atom stereocenters. The standard InChI is InChI=1S/C25H31FN6O6.C2H6/c1-6-36-23(34)17-13-30-32-10-9-20(31-21(17)32)28-12-15-11-16(26)7-8-18(15)37-19(22(33)27-5)14-29-24(35)38-25(2,3)4;1-2/h7-11,13,19H,6,12,14H2,1-5H3,(H,27,33)(H,28,31)(H,29,35);1-2H3. The summed E-state index contributed by atoms with van der Waals surface area (Å²) < 4.78 is 31.7. The molecule has 0 radical (unpaired) electrons. The van der Waals surface area contributed by atoms with E-state index >= 15 is 0 Å². The summed E-state index contributed by atoms with van der Waals surface area (Å²) in [5.74, 6) is -0.956. The number of nitrogens with one attached hydrogen (secondary N) is 3. The molecule has 2 amide bonds. The number of esters is 1. The Balaban J connectivity index is 0.00000274. The molecule has 218 valence electrons. The molecule has 13 heteroatoms. The largest absolute Gasteiger partial charge is 0.478 e. The van der Waals surface area contributed by atoms with Crippen LogP contribution in [0.2, 0.25) is 0 Å². The van der Waals surface area contributed by atoms with Crippen molar-refractivity contribution < 1.29 is 33.0 Å². The van der Waals surface area contributed by atoms with Crippen molar-refractivity contribution in [3.8, 4) is 5.75 Å². The van der Waals surface area contributed by atoms with Crippen LogP contribution in [0.1, 0.15) is 57.5 Å². The van der Waals surface area contributed by atoms with Gasteiger partial charge in [0, 0.05) is 25.4 Å². The summed E-state index contributed by atoms with van der Waals surface area (Å²) in [5, 5.41) is 12.1. The molecule has 12 nitrogen and oxygen atoms in total. The molecule has 3 aromatic rings.